The number of halogens is 2. The van der Waals surface area contributed by atoms with Crippen LogP contribution < -0.4 is 4.74 Å². The molecule has 1 aliphatic rings. The maximum atomic E-state index is 12.8. The molecule has 0 radical (unpaired) electrons. The average Bonchev–Trinajstić information content (AvgIpc) is 3.08. The zero-order chi connectivity index (χ0) is 19.5. The van der Waals surface area contributed by atoms with E-state index in [0.29, 0.717) is 0 Å². The van der Waals surface area contributed by atoms with Gasteiger partial charge in [-0.15, -0.1) is 0 Å². The first-order valence-electron chi connectivity index (χ1n) is 9.61. The molecule has 0 N–H and O–H groups in total. The van der Waals surface area contributed by atoms with Crippen molar-refractivity contribution >= 4 is 10.9 Å². The van der Waals surface area contributed by atoms with E-state index in [2.05, 4.69) is 14.9 Å². The molecule has 3 heterocycles. The maximum absolute atomic E-state index is 12.8. The monoisotopic (exact) mass is 386 g/mol. The first kappa shape index (κ1) is 18.8. The number of hydrogen-bond donors (Lipinski definition) is 0. The summed E-state index contributed by atoms with van der Waals surface area (Å²) >= 11 is 0. The van der Waals surface area contributed by atoms with Crippen molar-refractivity contribution in [2.24, 2.45) is 0 Å². The van der Waals surface area contributed by atoms with Crippen molar-refractivity contribution in [3.8, 4) is 5.75 Å². The fourth-order valence-electron chi connectivity index (χ4n) is 3.77. The van der Waals surface area contributed by atoms with Crippen molar-refractivity contribution in [1.29, 1.82) is 0 Å². The van der Waals surface area contributed by atoms with Gasteiger partial charge in [0.15, 0.2) is 0 Å². The number of ether oxygens (including phenoxy) is 1. The van der Waals surface area contributed by atoms with Crippen LogP contribution in [-0.4, -0.2) is 45.1 Å². The lowest BCUT2D eigenvalue weighted by Gasteiger charge is -2.32. The minimum atomic E-state index is -2.37. The molecule has 1 fully saturated rings. The van der Waals surface area contributed by atoms with Crippen LogP contribution in [0.5, 0.6) is 5.75 Å². The largest absolute Gasteiger partial charge is 0.490 e. The Labute approximate surface area is 163 Å². The fourth-order valence-corrected chi connectivity index (χ4v) is 3.77. The number of nitrogens with zero attached hydrogens (tertiary/aromatic N) is 4. The smallest absolute Gasteiger partial charge is 0.256 e. The standard InChI is InChI=1S/C21H24F2N4O/c1-15-18(25-9-8-24-15)13-26-10-5-16(6-11-26)28-20-4-2-3-19-17(20)7-12-27(19)14-21(22)23/h2-4,7-9,12,16,21H,5-6,10-11,13-14H2,1H3. The van der Waals surface area contributed by atoms with Crippen LogP contribution in [0.2, 0.25) is 0 Å². The van der Waals surface area contributed by atoms with Crippen molar-refractivity contribution in [2.45, 2.75) is 45.4 Å². The summed E-state index contributed by atoms with van der Waals surface area (Å²) in [6.45, 7) is 4.36. The Kier molecular flexibility index (Phi) is 5.52. The topological polar surface area (TPSA) is 43.2 Å². The van der Waals surface area contributed by atoms with E-state index in [1.54, 1.807) is 23.2 Å². The molecule has 4 rings (SSSR count). The Hall–Kier alpha value is -2.54. The third kappa shape index (κ3) is 4.14. The molecule has 0 saturated carbocycles. The Morgan fingerprint density at radius 2 is 1.93 bits per heavy atom. The first-order chi connectivity index (χ1) is 13.6. The molecule has 0 amide bonds. The van der Waals surface area contributed by atoms with Crippen molar-refractivity contribution < 1.29 is 13.5 Å². The Morgan fingerprint density at radius 1 is 1.14 bits per heavy atom. The highest BCUT2D eigenvalue weighted by Crippen LogP contribution is 2.29. The summed E-state index contributed by atoms with van der Waals surface area (Å²) < 4.78 is 33.3. The summed E-state index contributed by atoms with van der Waals surface area (Å²) in [6, 6.07) is 7.51. The van der Waals surface area contributed by atoms with Gasteiger partial charge in [-0.3, -0.25) is 14.9 Å². The van der Waals surface area contributed by atoms with Crippen LogP contribution in [0.25, 0.3) is 10.9 Å². The van der Waals surface area contributed by atoms with Crippen molar-refractivity contribution in [1.82, 2.24) is 19.4 Å². The fraction of sp³-hybridized carbons (Fsp3) is 0.429. The molecular formula is C21H24F2N4O. The van der Waals surface area contributed by atoms with E-state index < -0.39 is 6.43 Å². The number of aryl methyl sites for hydroxylation is 1. The summed E-state index contributed by atoms with van der Waals surface area (Å²) in [5.74, 6) is 0.772. The molecule has 0 unspecified atom stereocenters. The molecule has 7 heteroatoms. The van der Waals surface area contributed by atoms with E-state index in [9.17, 15) is 8.78 Å². The molecule has 2 aromatic heterocycles. The summed E-state index contributed by atoms with van der Waals surface area (Å²) in [6.07, 6.45) is 4.76. The minimum absolute atomic E-state index is 0.128. The number of hydrogen-bond acceptors (Lipinski definition) is 4. The van der Waals surface area contributed by atoms with Crippen LogP contribution in [-0.2, 0) is 13.1 Å². The number of alkyl halides is 2. The van der Waals surface area contributed by atoms with Crippen LogP contribution in [0.15, 0.2) is 42.9 Å². The van der Waals surface area contributed by atoms with E-state index in [1.165, 1.54) is 0 Å². The molecule has 148 valence electrons. The van der Waals surface area contributed by atoms with Gasteiger partial charge < -0.3 is 9.30 Å². The third-order valence-corrected chi connectivity index (χ3v) is 5.29. The number of rotatable bonds is 6. The SMILES string of the molecule is Cc1nccnc1CN1CCC(Oc2cccc3c2ccn3CC(F)F)CC1. The molecule has 3 aromatic rings. The van der Waals surface area contributed by atoms with Crippen LogP contribution in [0.3, 0.4) is 0 Å². The molecule has 1 aliphatic heterocycles. The molecule has 0 aliphatic carbocycles. The highest BCUT2D eigenvalue weighted by molar-refractivity contribution is 5.86. The second-order valence-electron chi connectivity index (χ2n) is 7.23. The second kappa shape index (κ2) is 8.22. The van der Waals surface area contributed by atoms with E-state index >= 15 is 0 Å². The third-order valence-electron chi connectivity index (χ3n) is 5.29. The quantitative estimate of drug-likeness (QED) is 0.641. The lowest BCUT2D eigenvalue weighted by Crippen LogP contribution is -2.38. The molecule has 0 bridgehead atoms. The van der Waals surface area contributed by atoms with E-state index in [1.807, 2.05) is 31.2 Å². The molecule has 1 aromatic carbocycles. The molecule has 1 saturated heterocycles. The van der Waals surface area contributed by atoms with Crippen molar-refractivity contribution in [2.75, 3.05) is 13.1 Å². The van der Waals surface area contributed by atoms with Crippen molar-refractivity contribution in [3.05, 3.63) is 54.2 Å². The molecule has 28 heavy (non-hydrogen) atoms. The normalized spacial score (nSPS) is 16.1. The van der Waals surface area contributed by atoms with Crippen LogP contribution in [0.1, 0.15) is 24.2 Å². The number of piperidine rings is 1. The molecular weight excluding hydrogens is 362 g/mol. The zero-order valence-electron chi connectivity index (χ0n) is 15.9. The lowest BCUT2D eigenvalue weighted by atomic mass is 10.1. The van der Waals surface area contributed by atoms with E-state index in [-0.39, 0.29) is 12.6 Å². The van der Waals surface area contributed by atoms with E-state index in [0.717, 1.165) is 60.5 Å². The lowest BCUT2D eigenvalue weighted by molar-refractivity contribution is 0.0971. The summed E-state index contributed by atoms with van der Waals surface area (Å²) in [7, 11) is 0. The van der Waals surface area contributed by atoms with Gasteiger partial charge in [0.05, 0.1) is 23.4 Å². The number of benzene rings is 1. The molecule has 0 atom stereocenters. The highest BCUT2D eigenvalue weighted by Gasteiger charge is 2.22. The van der Waals surface area contributed by atoms with Crippen molar-refractivity contribution in [3.63, 3.8) is 0 Å². The Morgan fingerprint density at radius 3 is 2.68 bits per heavy atom. The van der Waals surface area contributed by atoms with E-state index in [4.69, 9.17) is 4.74 Å². The van der Waals surface area contributed by atoms with Crippen LogP contribution in [0.4, 0.5) is 8.78 Å². The Balaban J connectivity index is 1.38. The van der Waals surface area contributed by atoms with Crippen LogP contribution in [0, 0.1) is 6.92 Å². The maximum Gasteiger partial charge on any atom is 0.256 e. The second-order valence-corrected chi connectivity index (χ2v) is 7.23. The summed E-state index contributed by atoms with van der Waals surface area (Å²) in [5.41, 5.74) is 2.78. The highest BCUT2D eigenvalue weighted by atomic mass is 19.3. The van der Waals surface area contributed by atoms with Gasteiger partial charge in [-0.2, -0.15) is 0 Å². The summed E-state index contributed by atoms with van der Waals surface area (Å²) in [5, 5.41) is 0.890. The Bertz CT molecular complexity index is 935. The van der Waals surface area contributed by atoms with Gasteiger partial charge in [-0.05, 0) is 38.0 Å². The summed E-state index contributed by atoms with van der Waals surface area (Å²) in [4.78, 5) is 11.1. The minimum Gasteiger partial charge on any atom is -0.490 e. The van der Waals surface area contributed by atoms with Gasteiger partial charge in [0.1, 0.15) is 11.9 Å². The zero-order valence-corrected chi connectivity index (χ0v) is 15.9. The predicted octanol–water partition coefficient (Wildman–Crippen LogP) is 4.05. The number of fused-ring (bicyclic) bond motifs is 1. The van der Waals surface area contributed by atoms with Gasteiger partial charge in [-0.25, -0.2) is 8.78 Å². The number of aromatic nitrogens is 3. The van der Waals surface area contributed by atoms with Gasteiger partial charge in [0, 0.05) is 43.6 Å². The predicted molar refractivity (Wildman–Crippen MR) is 104 cm³/mol. The average molecular weight is 386 g/mol. The first-order valence-corrected chi connectivity index (χ1v) is 9.61. The van der Waals surface area contributed by atoms with Crippen LogP contribution >= 0.6 is 0 Å². The van der Waals surface area contributed by atoms with Gasteiger partial charge in [0.2, 0.25) is 0 Å². The van der Waals surface area contributed by atoms with Gasteiger partial charge >= 0.3 is 0 Å². The number of likely N-dealkylation sites (tertiary alicyclic amines) is 1. The molecule has 0 spiro atoms. The van der Waals surface area contributed by atoms with Gasteiger partial charge in [0.25, 0.3) is 6.43 Å². The van der Waals surface area contributed by atoms with Gasteiger partial charge in [-0.1, -0.05) is 6.07 Å². The molecule has 5 nitrogen and oxygen atoms in total.